The second-order valence-corrected chi connectivity index (χ2v) is 8.03. The minimum atomic E-state index is -0.0756. The molecule has 1 N–H and O–H groups in total. The van der Waals surface area contributed by atoms with Gasteiger partial charge in [-0.1, -0.05) is 6.07 Å². The van der Waals surface area contributed by atoms with E-state index >= 15 is 0 Å². The number of amides is 1. The molecule has 0 saturated heterocycles. The van der Waals surface area contributed by atoms with Gasteiger partial charge in [-0.05, 0) is 54.3 Å². The summed E-state index contributed by atoms with van der Waals surface area (Å²) in [5.41, 5.74) is 3.35. The summed E-state index contributed by atoms with van der Waals surface area (Å²) in [4.78, 5) is 22.4. The molecular weight excluding hydrogens is 350 g/mol. The fourth-order valence-corrected chi connectivity index (χ4v) is 4.22. The fraction of sp³-hybridized carbons (Fsp3) is 0.316. The number of aryl methyl sites for hydroxylation is 3. The van der Waals surface area contributed by atoms with Gasteiger partial charge in [0.1, 0.15) is 5.01 Å². The van der Waals surface area contributed by atoms with Crippen LogP contribution < -0.4 is 5.32 Å². The van der Waals surface area contributed by atoms with Gasteiger partial charge < -0.3 is 5.32 Å². The quantitative estimate of drug-likeness (QED) is 0.675. The predicted molar refractivity (Wildman–Crippen MR) is 103 cm³/mol. The first-order chi connectivity index (χ1) is 12.1. The molecule has 130 valence electrons. The SMILES string of the molecule is Cc1nc([C@H](Cc2ccsc2)NC(=O)CCc2cccnc2)sc1C. The van der Waals surface area contributed by atoms with Crippen LogP contribution in [-0.2, 0) is 17.6 Å². The maximum atomic E-state index is 12.5. The van der Waals surface area contributed by atoms with E-state index in [1.807, 2.05) is 25.3 Å². The van der Waals surface area contributed by atoms with Crippen molar-refractivity contribution in [2.45, 2.75) is 39.2 Å². The molecule has 0 aliphatic heterocycles. The maximum absolute atomic E-state index is 12.5. The Hall–Kier alpha value is -2.05. The van der Waals surface area contributed by atoms with E-state index in [1.54, 1.807) is 28.9 Å². The van der Waals surface area contributed by atoms with Crippen molar-refractivity contribution in [2.24, 2.45) is 0 Å². The highest BCUT2D eigenvalue weighted by molar-refractivity contribution is 7.11. The number of nitrogens with zero attached hydrogens (tertiary/aromatic N) is 2. The lowest BCUT2D eigenvalue weighted by atomic mass is 10.1. The fourth-order valence-electron chi connectivity index (χ4n) is 2.56. The Labute approximate surface area is 156 Å². The largest absolute Gasteiger partial charge is 0.347 e. The Kier molecular flexibility index (Phi) is 5.94. The minimum Gasteiger partial charge on any atom is -0.347 e. The van der Waals surface area contributed by atoms with Gasteiger partial charge in [0.25, 0.3) is 0 Å². The Bertz CT molecular complexity index is 793. The number of hydrogen-bond donors (Lipinski definition) is 1. The number of pyridine rings is 1. The summed E-state index contributed by atoms with van der Waals surface area (Å²) in [5.74, 6) is 0.0505. The van der Waals surface area contributed by atoms with E-state index in [-0.39, 0.29) is 11.9 Å². The van der Waals surface area contributed by atoms with E-state index < -0.39 is 0 Å². The number of carbonyl (C=O) groups is 1. The predicted octanol–water partition coefficient (Wildman–Crippen LogP) is 4.25. The van der Waals surface area contributed by atoms with Crippen molar-refractivity contribution < 1.29 is 4.79 Å². The topological polar surface area (TPSA) is 54.9 Å². The molecule has 0 aromatic carbocycles. The lowest BCUT2D eigenvalue weighted by Crippen LogP contribution is -2.30. The van der Waals surface area contributed by atoms with Crippen LogP contribution in [0.25, 0.3) is 0 Å². The van der Waals surface area contributed by atoms with Crippen molar-refractivity contribution in [3.05, 3.63) is 68.1 Å². The molecule has 25 heavy (non-hydrogen) atoms. The normalized spacial score (nSPS) is 12.1. The van der Waals surface area contributed by atoms with Crippen LogP contribution in [0.4, 0.5) is 0 Å². The molecule has 0 aliphatic carbocycles. The van der Waals surface area contributed by atoms with Crippen LogP contribution in [0.5, 0.6) is 0 Å². The zero-order chi connectivity index (χ0) is 17.6. The van der Waals surface area contributed by atoms with E-state index in [0.717, 1.165) is 22.7 Å². The summed E-state index contributed by atoms with van der Waals surface area (Å²) >= 11 is 3.34. The average molecular weight is 372 g/mol. The third-order valence-corrected chi connectivity index (χ3v) is 5.98. The van der Waals surface area contributed by atoms with Crippen LogP contribution >= 0.6 is 22.7 Å². The molecule has 6 heteroatoms. The smallest absolute Gasteiger partial charge is 0.220 e. The molecule has 3 rings (SSSR count). The zero-order valence-electron chi connectivity index (χ0n) is 14.4. The monoisotopic (exact) mass is 371 g/mol. The Morgan fingerprint density at radius 2 is 2.16 bits per heavy atom. The maximum Gasteiger partial charge on any atom is 0.220 e. The van der Waals surface area contributed by atoms with Gasteiger partial charge in [-0.2, -0.15) is 11.3 Å². The van der Waals surface area contributed by atoms with Gasteiger partial charge in [0.2, 0.25) is 5.91 Å². The number of rotatable bonds is 7. The molecule has 4 nitrogen and oxygen atoms in total. The van der Waals surface area contributed by atoms with Gasteiger partial charge >= 0.3 is 0 Å². The Morgan fingerprint density at radius 3 is 2.80 bits per heavy atom. The first kappa shape index (κ1) is 17.8. The molecule has 0 bridgehead atoms. The number of thiazole rings is 1. The summed E-state index contributed by atoms with van der Waals surface area (Å²) in [6, 6.07) is 5.92. The Balaban J connectivity index is 1.67. The molecule has 0 fully saturated rings. The molecule has 3 aromatic rings. The van der Waals surface area contributed by atoms with E-state index in [0.29, 0.717) is 12.8 Å². The number of thiophene rings is 1. The van der Waals surface area contributed by atoms with Crippen LogP contribution in [-0.4, -0.2) is 15.9 Å². The molecule has 0 spiro atoms. The van der Waals surface area contributed by atoms with Gasteiger partial charge in [0.05, 0.1) is 11.7 Å². The number of aromatic nitrogens is 2. The summed E-state index contributed by atoms with van der Waals surface area (Å²) < 4.78 is 0. The second kappa shape index (κ2) is 8.36. The summed E-state index contributed by atoms with van der Waals surface area (Å²) in [6.07, 6.45) is 5.47. The number of carbonyl (C=O) groups excluding carboxylic acids is 1. The molecule has 1 amide bonds. The van der Waals surface area contributed by atoms with Gasteiger partial charge in [0, 0.05) is 30.1 Å². The van der Waals surface area contributed by atoms with E-state index in [4.69, 9.17) is 0 Å². The average Bonchev–Trinajstić information content (AvgIpc) is 3.24. The third kappa shape index (κ3) is 4.96. The van der Waals surface area contributed by atoms with Crippen molar-refractivity contribution >= 4 is 28.6 Å². The highest BCUT2D eigenvalue weighted by Crippen LogP contribution is 2.26. The lowest BCUT2D eigenvalue weighted by molar-refractivity contribution is -0.121. The van der Waals surface area contributed by atoms with Crippen LogP contribution in [0.2, 0.25) is 0 Å². The Morgan fingerprint density at radius 1 is 1.28 bits per heavy atom. The first-order valence-electron chi connectivity index (χ1n) is 8.25. The summed E-state index contributed by atoms with van der Waals surface area (Å²) in [7, 11) is 0. The first-order valence-corrected chi connectivity index (χ1v) is 10.0. The van der Waals surface area contributed by atoms with E-state index in [9.17, 15) is 4.79 Å². The standard InChI is InChI=1S/C19H21N3OS2/c1-13-14(2)25-19(21-13)17(10-16-7-9-24-12-16)22-18(23)6-5-15-4-3-8-20-11-15/h3-4,7-9,11-12,17H,5-6,10H2,1-2H3,(H,22,23)/t17-/m0/s1. The van der Waals surface area contributed by atoms with Crippen molar-refractivity contribution in [2.75, 3.05) is 0 Å². The summed E-state index contributed by atoms with van der Waals surface area (Å²) in [5, 5.41) is 8.35. The minimum absolute atomic E-state index is 0.0505. The van der Waals surface area contributed by atoms with Crippen molar-refractivity contribution in [3.8, 4) is 0 Å². The van der Waals surface area contributed by atoms with E-state index in [1.165, 1.54) is 10.4 Å². The second-order valence-electron chi connectivity index (χ2n) is 6.01. The van der Waals surface area contributed by atoms with Crippen LogP contribution in [0, 0.1) is 13.8 Å². The van der Waals surface area contributed by atoms with Crippen LogP contribution in [0.1, 0.15) is 39.2 Å². The zero-order valence-corrected chi connectivity index (χ0v) is 16.0. The molecule has 3 heterocycles. The highest BCUT2D eigenvalue weighted by Gasteiger charge is 2.20. The molecule has 0 unspecified atom stereocenters. The van der Waals surface area contributed by atoms with Crippen molar-refractivity contribution in [3.63, 3.8) is 0 Å². The van der Waals surface area contributed by atoms with Crippen LogP contribution in [0.15, 0.2) is 41.4 Å². The molecule has 3 aromatic heterocycles. The van der Waals surface area contributed by atoms with Crippen molar-refractivity contribution in [1.29, 1.82) is 0 Å². The van der Waals surface area contributed by atoms with Gasteiger partial charge in [-0.15, -0.1) is 11.3 Å². The van der Waals surface area contributed by atoms with E-state index in [2.05, 4.69) is 39.0 Å². The molecule has 0 aliphatic rings. The number of hydrogen-bond acceptors (Lipinski definition) is 5. The molecule has 0 saturated carbocycles. The summed E-state index contributed by atoms with van der Waals surface area (Å²) in [6.45, 7) is 4.09. The van der Waals surface area contributed by atoms with Crippen molar-refractivity contribution in [1.82, 2.24) is 15.3 Å². The lowest BCUT2D eigenvalue weighted by Gasteiger charge is -2.16. The van der Waals surface area contributed by atoms with Gasteiger partial charge in [-0.25, -0.2) is 4.98 Å². The van der Waals surface area contributed by atoms with Crippen LogP contribution in [0.3, 0.4) is 0 Å². The van der Waals surface area contributed by atoms with Gasteiger partial charge in [-0.3, -0.25) is 9.78 Å². The molecule has 1 atom stereocenters. The third-order valence-electron chi connectivity index (χ3n) is 4.06. The highest BCUT2D eigenvalue weighted by atomic mass is 32.1. The molecule has 0 radical (unpaired) electrons. The van der Waals surface area contributed by atoms with Gasteiger partial charge in [0.15, 0.2) is 0 Å². The number of nitrogens with one attached hydrogen (secondary N) is 1. The molecular formula is C19H21N3OS2.